The van der Waals surface area contributed by atoms with Crippen LogP contribution in [-0.2, 0) is 53.1 Å². The van der Waals surface area contributed by atoms with Crippen LogP contribution in [0.15, 0.2) is 114 Å². The van der Waals surface area contributed by atoms with E-state index in [4.69, 9.17) is 10.5 Å². The van der Waals surface area contributed by atoms with Crippen LogP contribution in [0.5, 0.6) is 5.75 Å². The van der Waals surface area contributed by atoms with Crippen molar-refractivity contribution in [3.8, 4) is 16.9 Å². The molecule has 1 saturated heterocycles. The van der Waals surface area contributed by atoms with Crippen molar-refractivity contribution in [1.29, 1.82) is 0 Å². The van der Waals surface area contributed by atoms with E-state index in [0.29, 0.717) is 56.6 Å². The van der Waals surface area contributed by atoms with Crippen LogP contribution in [0, 0.1) is 11.6 Å². The van der Waals surface area contributed by atoms with Crippen molar-refractivity contribution in [1.82, 2.24) is 52.8 Å². The molecule has 0 unspecified atom stereocenters. The lowest BCUT2D eigenvalue weighted by Gasteiger charge is -2.29. The van der Waals surface area contributed by atoms with E-state index in [1.807, 2.05) is 59.5 Å². The van der Waals surface area contributed by atoms with Crippen molar-refractivity contribution >= 4 is 59.2 Å². The van der Waals surface area contributed by atoms with Gasteiger partial charge in [-0.2, -0.15) is 0 Å². The molecule has 2 aliphatic heterocycles. The first-order valence-electron chi connectivity index (χ1n) is 29.0. The number of nitrogens with two attached hydrogens (primary N) is 1. The fourth-order valence-corrected chi connectivity index (χ4v) is 10.7. The van der Waals surface area contributed by atoms with E-state index in [1.54, 1.807) is 37.3 Å². The summed E-state index contributed by atoms with van der Waals surface area (Å²) >= 11 is 0. The number of phenolic OH excluding ortho intramolecular Hbond substituents is 1. The molecule has 3 aliphatic rings. The van der Waals surface area contributed by atoms with E-state index in [0.717, 1.165) is 39.1 Å². The van der Waals surface area contributed by atoms with E-state index in [2.05, 4.69) is 70.3 Å². The lowest BCUT2D eigenvalue weighted by molar-refractivity contribution is -0.138. The van der Waals surface area contributed by atoms with E-state index >= 15 is 0 Å². The molecule has 2 heterocycles. The zero-order valence-electron chi connectivity index (χ0n) is 48.1. The summed E-state index contributed by atoms with van der Waals surface area (Å²) in [6.45, 7) is 3.18. The van der Waals surface area contributed by atoms with Crippen molar-refractivity contribution in [2.75, 3.05) is 51.2 Å². The number of aromatic hydroxyl groups is 1. The Kier molecular flexibility index (Phi) is 22.5. The molecule has 9 amide bonds. The van der Waals surface area contributed by atoms with Crippen molar-refractivity contribution < 1.29 is 57.0 Å². The number of phenols is 1. The number of aliphatic imine (C=N–C) groups is 1. The van der Waals surface area contributed by atoms with Gasteiger partial charge in [0, 0.05) is 94.6 Å². The van der Waals surface area contributed by atoms with E-state index in [1.165, 1.54) is 0 Å². The van der Waals surface area contributed by atoms with Crippen LogP contribution in [0.25, 0.3) is 11.1 Å². The molecule has 0 spiro atoms. The molecular weight excluding hydrogens is 1120 g/mol. The van der Waals surface area contributed by atoms with Gasteiger partial charge in [-0.1, -0.05) is 97.9 Å². The molecule has 0 bridgehead atoms. The predicted octanol–water partition coefficient (Wildman–Crippen LogP) is 4.06. The number of hydrogen-bond acceptors (Lipinski definition) is 13. The number of nitrogens with zero attached hydrogens (tertiary/aromatic N) is 2. The second kappa shape index (κ2) is 30.9. The number of urea groups is 1. The molecule has 87 heavy (non-hydrogen) atoms. The van der Waals surface area contributed by atoms with Crippen LogP contribution in [0.1, 0.15) is 97.2 Å². The quantitative estimate of drug-likeness (QED) is 0.0191. The van der Waals surface area contributed by atoms with Crippen molar-refractivity contribution in [3.63, 3.8) is 0 Å². The number of nitrogens with one attached hydrogen (secondary N) is 10. The lowest BCUT2D eigenvalue weighted by Crippen LogP contribution is -2.62. The van der Waals surface area contributed by atoms with Gasteiger partial charge in [0.15, 0.2) is 5.96 Å². The minimum Gasteiger partial charge on any atom is -0.508 e. The minimum absolute atomic E-state index is 0.00283. The molecule has 13 N–H and O–H groups in total. The number of halogens is 2. The van der Waals surface area contributed by atoms with Gasteiger partial charge in [-0.15, -0.1) is 0 Å². The highest BCUT2D eigenvalue weighted by Gasteiger charge is 2.37. The molecule has 0 saturated carbocycles. The Labute approximate surface area is 501 Å². The summed E-state index contributed by atoms with van der Waals surface area (Å²) in [5.74, 6) is -5.92. The minimum atomic E-state index is -1.25. The maximum Gasteiger partial charge on any atom is 0.407 e. The van der Waals surface area contributed by atoms with Gasteiger partial charge >= 0.3 is 12.1 Å². The van der Waals surface area contributed by atoms with Crippen LogP contribution >= 0.6 is 0 Å². The molecule has 23 nitrogen and oxygen atoms in total. The standard InChI is InChI=1S/C62H73F2N13O10/c1-2-53(79)68-28-29-70-61(85)76-60(65)69-24-11-22-50(56(81)72-33-44-47(63)30-39(78)31-48(44)64)74-59(84)55(37-14-4-3-5-15-37)77-34-38-16-10-21-49(45(38)35-77)66-26-13-27-67-54(80)32-52-58(83)73-51(57(82)75-52)23-12-25-71-62(86)87-36-46-42-19-8-6-17-40(42)41-18-7-9-20-43(41)46/h3-10,14-21,30-31,46,50-52,55,66,78H,2,11-13,22-29,32-36H2,1H3,(H,67,80)(H,68,79)(H,71,86)(H,72,81)(H,73,83)(H,74,84)(H,75,82)(H4,65,69,70,76,85)/t50-,51-,52-,55+/m1/s1. The number of amides is 9. The van der Waals surface area contributed by atoms with Crippen LogP contribution in [0.4, 0.5) is 24.1 Å². The second-order valence-corrected chi connectivity index (χ2v) is 21.2. The lowest BCUT2D eigenvalue weighted by atomic mass is 9.98. The molecule has 5 aromatic rings. The predicted molar refractivity (Wildman–Crippen MR) is 319 cm³/mol. The first kappa shape index (κ1) is 63.4. The van der Waals surface area contributed by atoms with Gasteiger partial charge in [0.05, 0.1) is 6.42 Å². The maximum absolute atomic E-state index is 14.7. The summed E-state index contributed by atoms with van der Waals surface area (Å²) in [4.78, 5) is 110. The third-order valence-corrected chi connectivity index (χ3v) is 15.1. The fraction of sp³-hybridized carbons (Fsp3) is 0.371. The number of guanidine groups is 1. The molecular formula is C62H73F2N13O10. The molecule has 0 radical (unpaired) electrons. The number of anilines is 1. The van der Waals surface area contributed by atoms with Crippen LogP contribution in [0.2, 0.25) is 0 Å². The summed E-state index contributed by atoms with van der Waals surface area (Å²) in [5.41, 5.74) is 13.2. The summed E-state index contributed by atoms with van der Waals surface area (Å²) in [6.07, 6.45) is 0.716. The molecule has 0 aromatic heterocycles. The molecule has 460 valence electrons. The molecule has 8 rings (SSSR count). The van der Waals surface area contributed by atoms with Crippen molar-refractivity contribution in [3.05, 3.63) is 154 Å². The zero-order valence-corrected chi connectivity index (χ0v) is 48.1. The molecule has 5 aromatic carbocycles. The van der Waals surface area contributed by atoms with Crippen molar-refractivity contribution in [2.24, 2.45) is 10.7 Å². The highest BCUT2D eigenvalue weighted by Crippen LogP contribution is 2.44. The molecule has 1 aliphatic carbocycles. The number of ether oxygens (including phenoxy) is 1. The average molecular weight is 1200 g/mol. The smallest absolute Gasteiger partial charge is 0.407 e. The molecule has 25 heteroatoms. The maximum atomic E-state index is 14.7. The normalized spacial score (nSPS) is 15.9. The number of hydrogen-bond donors (Lipinski definition) is 12. The van der Waals surface area contributed by atoms with Crippen LogP contribution in [-0.4, -0.2) is 128 Å². The first-order chi connectivity index (χ1) is 42.1. The third kappa shape index (κ3) is 17.5. The number of carbonyl (C=O) groups excluding carboxylic acids is 8. The monoisotopic (exact) mass is 1200 g/mol. The van der Waals surface area contributed by atoms with Gasteiger partial charge in [-0.3, -0.25) is 44.0 Å². The third-order valence-electron chi connectivity index (χ3n) is 15.1. The highest BCUT2D eigenvalue weighted by molar-refractivity contribution is 5.99. The molecule has 1 fully saturated rings. The second-order valence-electron chi connectivity index (χ2n) is 21.2. The Morgan fingerprint density at radius 3 is 2.10 bits per heavy atom. The number of alkyl carbamates (subject to hydrolysis) is 1. The fourth-order valence-electron chi connectivity index (χ4n) is 10.7. The number of rotatable bonds is 28. The van der Waals surface area contributed by atoms with Crippen LogP contribution < -0.4 is 58.9 Å². The number of benzene rings is 5. The summed E-state index contributed by atoms with van der Waals surface area (Å²) in [6, 6.07) is 27.5. The van der Waals surface area contributed by atoms with Crippen molar-refractivity contribution in [2.45, 2.75) is 102 Å². The van der Waals surface area contributed by atoms with E-state index in [-0.39, 0.29) is 82.8 Å². The molecule has 4 atom stereocenters. The van der Waals surface area contributed by atoms with Gasteiger partial charge in [0.2, 0.25) is 35.4 Å². The number of carbonyl (C=O) groups is 8. The largest absolute Gasteiger partial charge is 0.508 e. The Hall–Kier alpha value is -9.65. The number of fused-ring (bicyclic) bond motifs is 4. The van der Waals surface area contributed by atoms with Crippen LogP contribution in [0.3, 0.4) is 0 Å². The van der Waals surface area contributed by atoms with E-state index < -0.39 is 95.3 Å². The summed E-state index contributed by atoms with van der Waals surface area (Å²) in [5, 5.41) is 36.9. The Bertz CT molecular complexity index is 3270. The average Bonchev–Trinajstić information content (AvgIpc) is 1.89. The topological polar surface area (TPSA) is 328 Å². The van der Waals surface area contributed by atoms with Gasteiger partial charge in [0.1, 0.15) is 48.2 Å². The Balaban J connectivity index is 0.782. The zero-order chi connectivity index (χ0) is 61.8. The summed E-state index contributed by atoms with van der Waals surface area (Å²) in [7, 11) is 0. The first-order valence-corrected chi connectivity index (χ1v) is 29.0. The highest BCUT2D eigenvalue weighted by atomic mass is 19.1. The summed E-state index contributed by atoms with van der Waals surface area (Å²) < 4.78 is 35.0. The SMILES string of the molecule is CCC(=O)NCCNC(=O)NC(N)=NCCC[C@@H](NC(=O)[C@H](c1ccccc1)N1Cc2cccc(NCCCNC(=O)C[C@H]3NC(=O)[C@@H](CCCNC(=O)OCC4c5ccccc5-c5ccccc54)NC3=O)c2C1)C(=O)NCc1c(F)cc(O)cc1F. The van der Waals surface area contributed by atoms with Gasteiger partial charge in [-0.25, -0.2) is 18.4 Å². The number of piperazine rings is 1. The van der Waals surface area contributed by atoms with Gasteiger partial charge in [0.25, 0.3) is 0 Å². The Morgan fingerprint density at radius 2 is 1.38 bits per heavy atom. The Morgan fingerprint density at radius 1 is 0.724 bits per heavy atom. The van der Waals surface area contributed by atoms with Gasteiger partial charge < -0.3 is 63.4 Å². The van der Waals surface area contributed by atoms with E-state index in [9.17, 15) is 52.2 Å². The van der Waals surface area contributed by atoms with Gasteiger partial charge in [-0.05, 0) is 77.1 Å².